The van der Waals surface area contributed by atoms with Crippen LogP contribution in [0.15, 0.2) is 12.3 Å². The predicted molar refractivity (Wildman–Crippen MR) is 84.2 cm³/mol. The molecule has 2 amide bonds. The molecule has 0 unspecified atom stereocenters. The Labute approximate surface area is 131 Å². The molecule has 0 bridgehead atoms. The van der Waals surface area contributed by atoms with E-state index in [9.17, 15) is 13.2 Å². The van der Waals surface area contributed by atoms with E-state index in [0.29, 0.717) is 25.5 Å². The lowest BCUT2D eigenvalue weighted by molar-refractivity contribution is 0.157. The maximum atomic E-state index is 12.2. The SMILES string of the molecule is CC(C)n1ccc(NC(=O)N2CCN(S(C)(=O)=O)[C@@H](C)C2)n1. The fraction of sp³-hybridized carbons (Fsp3) is 0.692. The third-order valence-electron chi connectivity index (χ3n) is 3.65. The molecule has 0 saturated carbocycles. The van der Waals surface area contributed by atoms with Crippen molar-refractivity contribution in [3.8, 4) is 0 Å². The van der Waals surface area contributed by atoms with Gasteiger partial charge in [-0.3, -0.25) is 10.00 Å². The summed E-state index contributed by atoms with van der Waals surface area (Å²) >= 11 is 0. The number of anilines is 1. The Morgan fingerprint density at radius 3 is 2.59 bits per heavy atom. The van der Waals surface area contributed by atoms with Crippen LogP contribution < -0.4 is 5.32 Å². The zero-order valence-electron chi connectivity index (χ0n) is 13.4. The van der Waals surface area contributed by atoms with Gasteiger partial charge < -0.3 is 4.90 Å². The fourth-order valence-electron chi connectivity index (χ4n) is 2.50. The maximum absolute atomic E-state index is 12.2. The first-order valence-corrected chi connectivity index (χ1v) is 9.11. The van der Waals surface area contributed by atoms with Crippen LogP contribution in [0.5, 0.6) is 0 Å². The van der Waals surface area contributed by atoms with Crippen molar-refractivity contribution in [1.82, 2.24) is 19.0 Å². The lowest BCUT2D eigenvalue weighted by atomic mass is 10.2. The molecule has 0 spiro atoms. The summed E-state index contributed by atoms with van der Waals surface area (Å²) in [5.74, 6) is 0.497. The Morgan fingerprint density at radius 1 is 1.41 bits per heavy atom. The van der Waals surface area contributed by atoms with Crippen LogP contribution in [0.4, 0.5) is 10.6 Å². The second-order valence-electron chi connectivity index (χ2n) is 5.87. The van der Waals surface area contributed by atoms with Crippen LogP contribution in [0, 0.1) is 0 Å². The number of nitrogens with one attached hydrogen (secondary N) is 1. The van der Waals surface area contributed by atoms with Gasteiger partial charge in [-0.05, 0) is 20.8 Å². The zero-order valence-corrected chi connectivity index (χ0v) is 14.2. The van der Waals surface area contributed by atoms with Crippen LogP contribution in [0.3, 0.4) is 0 Å². The number of hydrogen-bond acceptors (Lipinski definition) is 4. The summed E-state index contributed by atoms with van der Waals surface area (Å²) in [5.41, 5.74) is 0. The minimum atomic E-state index is -3.23. The average molecular weight is 329 g/mol. The Morgan fingerprint density at radius 2 is 2.09 bits per heavy atom. The first kappa shape index (κ1) is 16.8. The molecule has 1 aromatic rings. The summed E-state index contributed by atoms with van der Waals surface area (Å²) in [4.78, 5) is 13.9. The summed E-state index contributed by atoms with van der Waals surface area (Å²) < 4.78 is 26.4. The molecule has 124 valence electrons. The normalized spacial score (nSPS) is 20.4. The van der Waals surface area contributed by atoms with Gasteiger partial charge in [0.2, 0.25) is 10.0 Å². The number of sulfonamides is 1. The standard InChI is InChI=1S/C13H23N5O3S/c1-10(2)17-6-5-12(15-17)14-13(19)16-7-8-18(11(3)9-16)22(4,20)21/h5-6,10-11H,7-9H2,1-4H3,(H,14,15,19)/t11-/m0/s1. The molecule has 1 aliphatic heterocycles. The summed E-state index contributed by atoms with van der Waals surface area (Å²) in [6, 6.07) is 1.48. The molecule has 0 aromatic carbocycles. The van der Waals surface area contributed by atoms with E-state index in [0.717, 1.165) is 0 Å². The molecule has 0 aliphatic carbocycles. The number of hydrogen-bond donors (Lipinski definition) is 1. The van der Waals surface area contributed by atoms with Gasteiger partial charge in [-0.2, -0.15) is 9.40 Å². The van der Waals surface area contributed by atoms with Gasteiger partial charge in [-0.25, -0.2) is 13.2 Å². The topological polar surface area (TPSA) is 87.5 Å². The van der Waals surface area contributed by atoms with Crippen molar-refractivity contribution >= 4 is 21.9 Å². The molecule has 2 heterocycles. The molecule has 1 aromatic heterocycles. The van der Waals surface area contributed by atoms with E-state index in [2.05, 4.69) is 10.4 Å². The second-order valence-corrected chi connectivity index (χ2v) is 7.81. The van der Waals surface area contributed by atoms with Crippen molar-refractivity contribution in [1.29, 1.82) is 0 Å². The quantitative estimate of drug-likeness (QED) is 0.895. The molecule has 2 rings (SSSR count). The highest BCUT2D eigenvalue weighted by Gasteiger charge is 2.31. The number of carbonyl (C=O) groups excluding carboxylic acids is 1. The highest BCUT2D eigenvalue weighted by Crippen LogP contribution is 2.15. The Bertz CT molecular complexity index is 640. The lowest BCUT2D eigenvalue weighted by Crippen LogP contribution is -2.55. The summed E-state index contributed by atoms with van der Waals surface area (Å²) in [7, 11) is -3.23. The molecular formula is C13H23N5O3S. The largest absolute Gasteiger partial charge is 0.323 e. The minimum Gasteiger partial charge on any atom is -0.322 e. The van der Waals surface area contributed by atoms with Crippen molar-refractivity contribution in [2.24, 2.45) is 0 Å². The molecule has 22 heavy (non-hydrogen) atoms. The van der Waals surface area contributed by atoms with Crippen molar-refractivity contribution < 1.29 is 13.2 Å². The number of carbonyl (C=O) groups is 1. The van der Waals surface area contributed by atoms with Gasteiger partial charge in [0.15, 0.2) is 5.82 Å². The van der Waals surface area contributed by atoms with Crippen LogP contribution in [0.2, 0.25) is 0 Å². The molecule has 1 N–H and O–H groups in total. The summed E-state index contributed by atoms with van der Waals surface area (Å²) in [5, 5.41) is 7.02. The third kappa shape index (κ3) is 3.77. The average Bonchev–Trinajstić information content (AvgIpc) is 2.85. The number of piperazine rings is 1. The zero-order chi connectivity index (χ0) is 16.5. The molecule has 0 radical (unpaired) electrons. The van der Waals surface area contributed by atoms with Gasteiger partial charge in [0.25, 0.3) is 0 Å². The molecule has 1 aliphatic rings. The van der Waals surface area contributed by atoms with Gasteiger partial charge in [-0.15, -0.1) is 0 Å². The number of urea groups is 1. The second kappa shape index (κ2) is 6.25. The first-order valence-electron chi connectivity index (χ1n) is 7.26. The van der Waals surface area contributed by atoms with Crippen molar-refractivity contribution in [2.75, 3.05) is 31.2 Å². The maximum Gasteiger partial charge on any atom is 0.323 e. The van der Waals surface area contributed by atoms with E-state index in [-0.39, 0.29) is 18.1 Å². The van der Waals surface area contributed by atoms with Crippen LogP contribution >= 0.6 is 0 Å². The van der Waals surface area contributed by atoms with Crippen molar-refractivity contribution in [2.45, 2.75) is 32.9 Å². The van der Waals surface area contributed by atoms with Gasteiger partial charge in [-0.1, -0.05) is 0 Å². The van der Waals surface area contributed by atoms with Crippen LogP contribution in [0.1, 0.15) is 26.8 Å². The van der Waals surface area contributed by atoms with E-state index in [1.165, 1.54) is 10.6 Å². The lowest BCUT2D eigenvalue weighted by Gasteiger charge is -2.38. The van der Waals surface area contributed by atoms with Crippen LogP contribution in [0.25, 0.3) is 0 Å². The Kier molecular flexibility index (Phi) is 4.76. The van der Waals surface area contributed by atoms with E-state index >= 15 is 0 Å². The van der Waals surface area contributed by atoms with Crippen molar-refractivity contribution in [3.63, 3.8) is 0 Å². The molecule has 1 saturated heterocycles. The molecule has 1 atom stereocenters. The molecule has 8 nitrogen and oxygen atoms in total. The monoisotopic (exact) mass is 329 g/mol. The third-order valence-corrected chi connectivity index (χ3v) is 5.05. The van der Waals surface area contributed by atoms with E-state index in [1.54, 1.807) is 22.6 Å². The van der Waals surface area contributed by atoms with E-state index in [1.807, 2.05) is 20.0 Å². The highest BCUT2D eigenvalue weighted by molar-refractivity contribution is 7.88. The summed E-state index contributed by atoms with van der Waals surface area (Å²) in [6.45, 7) is 6.86. The molecule has 9 heteroatoms. The number of nitrogens with zero attached hydrogens (tertiary/aromatic N) is 4. The highest BCUT2D eigenvalue weighted by atomic mass is 32.2. The molecule has 1 fully saturated rings. The van der Waals surface area contributed by atoms with Crippen molar-refractivity contribution in [3.05, 3.63) is 12.3 Å². The van der Waals surface area contributed by atoms with E-state index in [4.69, 9.17) is 0 Å². The predicted octanol–water partition coefficient (Wildman–Crippen LogP) is 0.962. The number of rotatable bonds is 3. The van der Waals surface area contributed by atoms with Crippen LogP contribution in [-0.4, -0.2) is 65.4 Å². The smallest absolute Gasteiger partial charge is 0.322 e. The van der Waals surface area contributed by atoms with Gasteiger partial charge in [0.1, 0.15) is 0 Å². The summed E-state index contributed by atoms with van der Waals surface area (Å²) in [6.07, 6.45) is 3.00. The van der Waals surface area contributed by atoms with E-state index < -0.39 is 10.0 Å². The Hall–Kier alpha value is -1.61. The fourth-order valence-corrected chi connectivity index (χ4v) is 3.63. The number of amides is 2. The minimum absolute atomic E-state index is 0.226. The first-order chi connectivity index (χ1) is 10.2. The van der Waals surface area contributed by atoms with Crippen LogP contribution in [-0.2, 0) is 10.0 Å². The van der Waals surface area contributed by atoms with Gasteiger partial charge in [0, 0.05) is 44.0 Å². The Balaban J connectivity index is 1.97. The number of aromatic nitrogens is 2. The van der Waals surface area contributed by atoms with Gasteiger partial charge >= 0.3 is 6.03 Å². The van der Waals surface area contributed by atoms with Gasteiger partial charge in [0.05, 0.1) is 6.26 Å². The molecular weight excluding hydrogens is 306 g/mol.